The maximum absolute atomic E-state index is 12.2. The van der Waals surface area contributed by atoms with Crippen molar-refractivity contribution in [1.82, 2.24) is 9.62 Å². The number of likely N-dealkylation sites (N-methyl/N-ethyl adjacent to an activating group) is 1. The molecule has 0 bridgehead atoms. The van der Waals surface area contributed by atoms with E-state index in [2.05, 4.69) is 11.8 Å². The number of piperazine rings is 1. The van der Waals surface area contributed by atoms with Gasteiger partial charge >= 0.3 is 0 Å². The summed E-state index contributed by atoms with van der Waals surface area (Å²) in [6, 6.07) is 6.00. The minimum Gasteiger partial charge on any atom is -0.337 e. The molecule has 1 saturated heterocycles. The van der Waals surface area contributed by atoms with Crippen molar-refractivity contribution in [2.45, 2.75) is 4.90 Å². The molecule has 0 radical (unpaired) electrons. The summed E-state index contributed by atoms with van der Waals surface area (Å²) >= 11 is 10.9. The van der Waals surface area contributed by atoms with E-state index in [9.17, 15) is 8.42 Å². The number of nitrogens with zero attached hydrogens (tertiary/aromatic N) is 1. The van der Waals surface area contributed by atoms with E-state index < -0.39 is 10.0 Å². The number of hydrogen-bond donors (Lipinski definition) is 2. The third kappa shape index (κ3) is 3.82. The summed E-state index contributed by atoms with van der Waals surface area (Å²) in [4.78, 5) is 3.46. The van der Waals surface area contributed by atoms with Gasteiger partial charge in [-0.05, 0) is 36.5 Å². The number of benzene rings is 1. The van der Waals surface area contributed by atoms with Crippen LogP contribution in [-0.2, 0) is 10.0 Å². The Kier molecular flexibility index (Phi) is 4.85. The van der Waals surface area contributed by atoms with Crippen LogP contribution >= 0.6 is 23.8 Å². The second-order valence-electron chi connectivity index (χ2n) is 4.81. The monoisotopic (exact) mass is 334 g/mol. The molecule has 2 rings (SSSR count). The van der Waals surface area contributed by atoms with Crippen LogP contribution in [0.4, 0.5) is 0 Å². The molecule has 110 valence electrons. The second kappa shape index (κ2) is 6.26. The van der Waals surface area contributed by atoms with Crippen LogP contribution in [0.15, 0.2) is 29.2 Å². The van der Waals surface area contributed by atoms with E-state index in [4.69, 9.17) is 23.8 Å². The summed E-state index contributed by atoms with van der Waals surface area (Å²) in [6.07, 6.45) is 0. The number of rotatable bonds is 2. The predicted molar refractivity (Wildman–Crippen MR) is 82.6 cm³/mol. The average molecular weight is 335 g/mol. The van der Waals surface area contributed by atoms with Crippen molar-refractivity contribution in [3.8, 4) is 0 Å². The molecule has 1 aromatic rings. The van der Waals surface area contributed by atoms with E-state index in [1.807, 2.05) is 4.90 Å². The fraction of sp³-hybridized carbons (Fsp3) is 0.417. The summed E-state index contributed by atoms with van der Waals surface area (Å²) in [6.45, 7) is 3.41. The van der Waals surface area contributed by atoms with Crippen LogP contribution in [0.3, 0.4) is 0 Å². The summed E-state index contributed by atoms with van der Waals surface area (Å²) in [5.41, 5.74) is 0. The van der Waals surface area contributed by atoms with Crippen molar-refractivity contribution in [2.75, 3.05) is 33.2 Å². The molecule has 0 atom stereocenters. The van der Waals surface area contributed by atoms with Crippen molar-refractivity contribution in [2.24, 2.45) is 0 Å². The number of nitrogens with one attached hydrogen (secondary N) is 2. The number of quaternary nitrogens is 1. The molecule has 0 spiro atoms. The summed E-state index contributed by atoms with van der Waals surface area (Å²) in [5, 5.41) is 0.751. The number of thiocarbonyl (C=S) groups is 1. The molecule has 0 aliphatic carbocycles. The van der Waals surface area contributed by atoms with E-state index in [1.165, 1.54) is 17.0 Å². The van der Waals surface area contributed by atoms with Crippen molar-refractivity contribution in [1.29, 1.82) is 0 Å². The maximum Gasteiger partial charge on any atom is 0.263 e. The second-order valence-corrected chi connectivity index (χ2v) is 7.31. The smallest absolute Gasteiger partial charge is 0.263 e. The van der Waals surface area contributed by atoms with E-state index in [-0.39, 0.29) is 10.0 Å². The molecule has 0 saturated carbocycles. The summed E-state index contributed by atoms with van der Waals surface area (Å²) in [7, 11) is -1.53. The summed E-state index contributed by atoms with van der Waals surface area (Å²) in [5.74, 6) is 0. The van der Waals surface area contributed by atoms with Gasteiger partial charge in [-0.15, -0.1) is 0 Å². The van der Waals surface area contributed by atoms with Gasteiger partial charge in [0.25, 0.3) is 10.0 Å². The first-order chi connectivity index (χ1) is 9.38. The molecular weight excluding hydrogens is 318 g/mol. The first-order valence-electron chi connectivity index (χ1n) is 6.27. The van der Waals surface area contributed by atoms with Crippen molar-refractivity contribution >= 4 is 39.0 Å². The molecular formula is C12H17ClN3O2S2+. The van der Waals surface area contributed by atoms with Crippen molar-refractivity contribution in [3.63, 3.8) is 0 Å². The lowest BCUT2D eigenvalue weighted by molar-refractivity contribution is -0.883. The molecule has 2 N–H and O–H groups in total. The van der Waals surface area contributed by atoms with Crippen LogP contribution in [0.2, 0.25) is 5.02 Å². The topological polar surface area (TPSA) is 53.9 Å². The highest BCUT2D eigenvalue weighted by Crippen LogP contribution is 2.14. The first kappa shape index (κ1) is 15.5. The van der Waals surface area contributed by atoms with Crippen molar-refractivity contribution in [3.05, 3.63) is 29.3 Å². The Hall–Kier alpha value is -0.890. The quantitative estimate of drug-likeness (QED) is 0.731. The third-order valence-corrected chi connectivity index (χ3v) is 5.35. The number of sulfonamides is 1. The molecule has 1 heterocycles. The molecule has 1 aliphatic heterocycles. The molecule has 0 amide bonds. The predicted octanol–water partition coefficient (Wildman–Crippen LogP) is -0.266. The van der Waals surface area contributed by atoms with Crippen LogP contribution in [0.1, 0.15) is 0 Å². The fourth-order valence-corrected chi connectivity index (χ4v) is 3.55. The van der Waals surface area contributed by atoms with Crippen LogP contribution < -0.4 is 9.62 Å². The highest BCUT2D eigenvalue weighted by atomic mass is 35.5. The van der Waals surface area contributed by atoms with Gasteiger partial charge in [-0.25, -0.2) is 8.42 Å². The van der Waals surface area contributed by atoms with Gasteiger partial charge in [0.05, 0.1) is 38.1 Å². The Morgan fingerprint density at radius 3 is 2.40 bits per heavy atom. The van der Waals surface area contributed by atoms with Gasteiger partial charge in [0, 0.05) is 5.02 Å². The number of hydrogen-bond acceptors (Lipinski definition) is 3. The van der Waals surface area contributed by atoms with Gasteiger partial charge in [-0.3, -0.25) is 4.72 Å². The van der Waals surface area contributed by atoms with E-state index in [0.29, 0.717) is 5.02 Å². The Morgan fingerprint density at radius 1 is 1.30 bits per heavy atom. The molecule has 1 aliphatic rings. The SMILES string of the molecule is C[NH+]1CCN(C(=S)NS(=O)(=O)c2ccc(Cl)cc2)CC1. The average Bonchev–Trinajstić information content (AvgIpc) is 2.39. The number of halogens is 1. The zero-order valence-electron chi connectivity index (χ0n) is 11.1. The van der Waals surface area contributed by atoms with Crippen LogP contribution in [-0.4, -0.2) is 51.7 Å². The molecule has 8 heteroatoms. The summed E-state index contributed by atoms with van der Waals surface area (Å²) < 4.78 is 26.8. The van der Waals surface area contributed by atoms with Gasteiger partial charge in [-0.2, -0.15) is 0 Å². The van der Waals surface area contributed by atoms with Gasteiger partial charge in [0.15, 0.2) is 5.11 Å². The minimum absolute atomic E-state index is 0.156. The van der Waals surface area contributed by atoms with Crippen LogP contribution in [0.5, 0.6) is 0 Å². The zero-order valence-corrected chi connectivity index (χ0v) is 13.5. The third-order valence-electron chi connectivity index (χ3n) is 3.25. The first-order valence-corrected chi connectivity index (χ1v) is 8.54. The Balaban J connectivity index is 2.04. The largest absolute Gasteiger partial charge is 0.337 e. The van der Waals surface area contributed by atoms with Gasteiger partial charge in [0.2, 0.25) is 0 Å². The highest BCUT2D eigenvalue weighted by molar-refractivity contribution is 7.91. The molecule has 1 aromatic carbocycles. The Bertz CT molecular complexity index is 581. The normalized spacial score (nSPS) is 17.0. The maximum atomic E-state index is 12.2. The van der Waals surface area contributed by atoms with E-state index >= 15 is 0 Å². The van der Waals surface area contributed by atoms with E-state index in [0.717, 1.165) is 26.2 Å². The lowest BCUT2D eigenvalue weighted by Crippen LogP contribution is -3.12. The zero-order chi connectivity index (χ0) is 14.8. The van der Waals surface area contributed by atoms with E-state index in [1.54, 1.807) is 12.1 Å². The van der Waals surface area contributed by atoms with Crippen LogP contribution in [0.25, 0.3) is 0 Å². The molecule has 0 aromatic heterocycles. The minimum atomic E-state index is -3.64. The van der Waals surface area contributed by atoms with Crippen LogP contribution in [0, 0.1) is 0 Å². The van der Waals surface area contributed by atoms with Gasteiger partial charge in [-0.1, -0.05) is 11.6 Å². The Morgan fingerprint density at radius 2 is 1.85 bits per heavy atom. The molecule has 5 nitrogen and oxygen atoms in total. The molecule has 1 fully saturated rings. The lowest BCUT2D eigenvalue weighted by Gasteiger charge is -2.31. The molecule has 0 unspecified atom stereocenters. The highest BCUT2D eigenvalue weighted by Gasteiger charge is 2.23. The molecule has 20 heavy (non-hydrogen) atoms. The van der Waals surface area contributed by atoms with Gasteiger partial charge in [0.1, 0.15) is 0 Å². The fourth-order valence-electron chi connectivity index (χ4n) is 1.94. The Labute approximate surface area is 129 Å². The lowest BCUT2D eigenvalue weighted by atomic mass is 10.3. The standard InChI is InChI=1S/C12H16ClN3O2S2/c1-15-6-8-16(9-7-15)12(19)14-20(17,18)11-4-2-10(13)3-5-11/h2-5H,6-9H2,1H3,(H,14,19)/p+1. The van der Waals surface area contributed by atoms with Gasteiger partial charge < -0.3 is 9.80 Å². The van der Waals surface area contributed by atoms with Crippen molar-refractivity contribution < 1.29 is 13.3 Å².